The second-order valence-corrected chi connectivity index (χ2v) is 6.80. The molecule has 0 saturated carbocycles. The molecule has 1 aromatic rings. The number of nitrogens with two attached hydrogens (primary N) is 1. The lowest BCUT2D eigenvalue weighted by Crippen LogP contribution is -2.33. The predicted molar refractivity (Wildman–Crippen MR) is 82.9 cm³/mol. The van der Waals surface area contributed by atoms with Gasteiger partial charge in [0.05, 0.1) is 11.4 Å². The Morgan fingerprint density at radius 3 is 2.40 bits per heavy atom. The summed E-state index contributed by atoms with van der Waals surface area (Å²) in [4.78, 5) is 0.282. The fraction of sp³-hybridized carbons (Fsp3) is 0.467. The van der Waals surface area contributed by atoms with Crippen molar-refractivity contribution in [3.8, 4) is 12.3 Å². The lowest BCUT2D eigenvalue weighted by atomic mass is 10.1. The van der Waals surface area contributed by atoms with Gasteiger partial charge in [0.2, 0.25) is 10.0 Å². The van der Waals surface area contributed by atoms with Crippen LogP contribution in [0.4, 0.5) is 5.69 Å². The minimum Gasteiger partial charge on any atom is -0.398 e. The van der Waals surface area contributed by atoms with Gasteiger partial charge < -0.3 is 5.73 Å². The zero-order chi connectivity index (χ0) is 15.5. The number of sulfonamides is 1. The molecular formula is C15H22N2O2S. The van der Waals surface area contributed by atoms with Crippen LogP contribution in [0.2, 0.25) is 0 Å². The molecule has 0 spiro atoms. The minimum atomic E-state index is -3.62. The van der Waals surface area contributed by atoms with E-state index in [1.807, 2.05) is 13.8 Å². The molecule has 110 valence electrons. The first-order chi connectivity index (χ1) is 9.27. The van der Waals surface area contributed by atoms with Crippen LogP contribution < -0.4 is 5.73 Å². The third-order valence-corrected chi connectivity index (χ3v) is 5.43. The molecule has 0 amide bonds. The molecule has 0 radical (unpaired) electrons. The van der Waals surface area contributed by atoms with E-state index >= 15 is 0 Å². The molecule has 0 fully saturated rings. The fourth-order valence-electron chi connectivity index (χ4n) is 2.34. The van der Waals surface area contributed by atoms with E-state index in [1.54, 1.807) is 19.9 Å². The summed E-state index contributed by atoms with van der Waals surface area (Å²) in [6, 6.07) is 1.80. The molecule has 4 nitrogen and oxygen atoms in total. The molecule has 5 heteroatoms. The maximum Gasteiger partial charge on any atom is 0.244 e. The largest absolute Gasteiger partial charge is 0.398 e. The van der Waals surface area contributed by atoms with Crippen LogP contribution in [0.5, 0.6) is 0 Å². The van der Waals surface area contributed by atoms with Crippen LogP contribution >= 0.6 is 0 Å². The lowest BCUT2D eigenvalue weighted by Gasteiger charge is -2.23. The Balaban J connectivity index is 3.50. The molecule has 1 aromatic carbocycles. The molecular weight excluding hydrogens is 272 g/mol. The van der Waals surface area contributed by atoms with Gasteiger partial charge in [0.1, 0.15) is 0 Å². The summed E-state index contributed by atoms with van der Waals surface area (Å²) in [6.07, 6.45) is 5.99. The van der Waals surface area contributed by atoms with Gasteiger partial charge in [-0.05, 0) is 43.9 Å². The van der Waals surface area contributed by atoms with Gasteiger partial charge in [0.25, 0.3) is 0 Å². The zero-order valence-corrected chi connectivity index (χ0v) is 13.3. The zero-order valence-electron chi connectivity index (χ0n) is 12.5. The molecule has 0 bridgehead atoms. The predicted octanol–water partition coefficient (Wildman–Crippen LogP) is 2.23. The summed E-state index contributed by atoms with van der Waals surface area (Å²) < 4.78 is 26.9. The topological polar surface area (TPSA) is 63.4 Å². The van der Waals surface area contributed by atoms with Crippen LogP contribution in [-0.2, 0) is 10.0 Å². The van der Waals surface area contributed by atoms with E-state index in [9.17, 15) is 8.42 Å². The fourth-order valence-corrected chi connectivity index (χ4v) is 4.23. The second-order valence-electron chi connectivity index (χ2n) is 4.92. The molecule has 2 N–H and O–H groups in total. The van der Waals surface area contributed by atoms with E-state index in [1.165, 1.54) is 4.31 Å². The Morgan fingerprint density at radius 2 is 1.90 bits per heavy atom. The Kier molecular flexibility index (Phi) is 5.21. The lowest BCUT2D eigenvalue weighted by molar-refractivity contribution is 0.445. The molecule has 0 atom stereocenters. The van der Waals surface area contributed by atoms with Crippen LogP contribution in [0, 0.1) is 33.1 Å². The minimum absolute atomic E-state index is 0.0723. The van der Waals surface area contributed by atoms with Gasteiger partial charge in [-0.1, -0.05) is 18.9 Å². The number of terminal acetylenes is 1. The Bertz CT molecular complexity index is 643. The maximum absolute atomic E-state index is 12.8. The summed E-state index contributed by atoms with van der Waals surface area (Å²) in [7, 11) is -3.62. The molecule has 0 heterocycles. The van der Waals surface area contributed by atoms with Gasteiger partial charge in [-0.2, -0.15) is 4.31 Å². The Labute approximate surface area is 122 Å². The number of rotatable bonds is 5. The Morgan fingerprint density at radius 1 is 1.30 bits per heavy atom. The van der Waals surface area contributed by atoms with Gasteiger partial charge in [0, 0.05) is 12.2 Å². The molecule has 0 aliphatic heterocycles. The van der Waals surface area contributed by atoms with Gasteiger partial charge >= 0.3 is 0 Å². The Hall–Kier alpha value is -1.51. The van der Waals surface area contributed by atoms with Crippen molar-refractivity contribution >= 4 is 15.7 Å². The molecule has 0 unspecified atom stereocenters. The number of hydrogen-bond acceptors (Lipinski definition) is 3. The summed E-state index contributed by atoms with van der Waals surface area (Å²) in [5.41, 5.74) is 8.68. The molecule has 20 heavy (non-hydrogen) atoms. The highest BCUT2D eigenvalue weighted by Crippen LogP contribution is 2.30. The summed E-state index contributed by atoms with van der Waals surface area (Å²) in [6.45, 7) is 7.79. The van der Waals surface area contributed by atoms with Crippen molar-refractivity contribution in [1.82, 2.24) is 4.31 Å². The number of nitrogens with zero attached hydrogens (tertiary/aromatic N) is 1. The first kappa shape index (κ1) is 16.5. The van der Waals surface area contributed by atoms with E-state index < -0.39 is 10.0 Å². The highest BCUT2D eigenvalue weighted by Gasteiger charge is 2.28. The highest BCUT2D eigenvalue weighted by molar-refractivity contribution is 7.89. The average Bonchev–Trinajstić information content (AvgIpc) is 2.35. The smallest absolute Gasteiger partial charge is 0.244 e. The van der Waals surface area contributed by atoms with Crippen molar-refractivity contribution in [1.29, 1.82) is 0 Å². The third-order valence-electron chi connectivity index (χ3n) is 3.30. The SMILES string of the molecule is C#CCN(CCC)S(=O)(=O)c1c(C)cc(C)c(N)c1C. The molecule has 0 saturated heterocycles. The quantitative estimate of drug-likeness (QED) is 0.669. The normalized spacial score (nSPS) is 11.6. The summed E-state index contributed by atoms with van der Waals surface area (Å²) >= 11 is 0. The van der Waals surface area contributed by atoms with Gasteiger partial charge in [-0.3, -0.25) is 0 Å². The van der Waals surface area contributed by atoms with E-state index in [4.69, 9.17) is 12.2 Å². The van der Waals surface area contributed by atoms with Crippen LogP contribution in [0.3, 0.4) is 0 Å². The van der Waals surface area contributed by atoms with E-state index in [0.29, 0.717) is 29.8 Å². The third kappa shape index (κ3) is 2.97. The second kappa shape index (κ2) is 6.29. The van der Waals surface area contributed by atoms with Gasteiger partial charge in [-0.25, -0.2) is 8.42 Å². The first-order valence-corrected chi connectivity index (χ1v) is 8.01. The number of benzene rings is 1. The monoisotopic (exact) mass is 294 g/mol. The maximum atomic E-state index is 12.8. The van der Waals surface area contributed by atoms with Crippen molar-refractivity contribution in [2.24, 2.45) is 0 Å². The van der Waals surface area contributed by atoms with E-state index in [-0.39, 0.29) is 11.4 Å². The standard InChI is InChI=1S/C15H22N2O2S/c1-6-8-17(9-7-2)20(18,19)15-12(4)10-11(3)14(16)13(15)5/h1,10H,7-9,16H2,2-5H3. The summed E-state index contributed by atoms with van der Waals surface area (Å²) in [5, 5.41) is 0. The van der Waals surface area contributed by atoms with E-state index in [0.717, 1.165) is 5.56 Å². The van der Waals surface area contributed by atoms with Crippen LogP contribution in [0.25, 0.3) is 0 Å². The molecule has 1 rings (SSSR count). The van der Waals surface area contributed by atoms with Crippen molar-refractivity contribution in [2.45, 2.75) is 39.0 Å². The van der Waals surface area contributed by atoms with Crippen LogP contribution in [0.1, 0.15) is 30.0 Å². The van der Waals surface area contributed by atoms with Crippen molar-refractivity contribution < 1.29 is 8.42 Å². The highest BCUT2D eigenvalue weighted by atomic mass is 32.2. The summed E-state index contributed by atoms with van der Waals surface area (Å²) in [5.74, 6) is 2.41. The van der Waals surface area contributed by atoms with Crippen molar-refractivity contribution in [2.75, 3.05) is 18.8 Å². The average molecular weight is 294 g/mol. The number of anilines is 1. The number of aryl methyl sites for hydroxylation is 2. The number of hydrogen-bond donors (Lipinski definition) is 1. The first-order valence-electron chi connectivity index (χ1n) is 6.57. The molecule has 0 aliphatic rings. The van der Waals surface area contributed by atoms with Crippen LogP contribution in [0.15, 0.2) is 11.0 Å². The van der Waals surface area contributed by atoms with E-state index in [2.05, 4.69) is 5.92 Å². The van der Waals surface area contributed by atoms with Crippen molar-refractivity contribution in [3.63, 3.8) is 0 Å². The van der Waals surface area contributed by atoms with Gasteiger partial charge in [-0.15, -0.1) is 6.42 Å². The van der Waals surface area contributed by atoms with Crippen molar-refractivity contribution in [3.05, 3.63) is 22.8 Å². The molecule has 0 aliphatic carbocycles. The molecule has 0 aromatic heterocycles. The number of nitrogen functional groups attached to an aromatic ring is 1. The van der Waals surface area contributed by atoms with Crippen LogP contribution in [-0.4, -0.2) is 25.8 Å². The van der Waals surface area contributed by atoms with Gasteiger partial charge in [0.15, 0.2) is 0 Å².